The van der Waals surface area contributed by atoms with Crippen LogP contribution in [0.1, 0.15) is 60.8 Å². The summed E-state index contributed by atoms with van der Waals surface area (Å²) in [6.45, 7) is 0. The summed E-state index contributed by atoms with van der Waals surface area (Å²) in [4.78, 5) is 0. The van der Waals surface area contributed by atoms with Gasteiger partial charge in [-0.1, -0.05) is 192 Å². The second-order valence-electron chi connectivity index (χ2n) is 18.5. The molecule has 0 unspecified atom stereocenters. The van der Waals surface area contributed by atoms with Crippen molar-refractivity contribution in [3.05, 3.63) is 236 Å². The fourth-order valence-corrected chi connectivity index (χ4v) is 13.0. The van der Waals surface area contributed by atoms with E-state index in [1.54, 1.807) is 0 Å². The van der Waals surface area contributed by atoms with Gasteiger partial charge in [0.1, 0.15) is 0 Å². The van der Waals surface area contributed by atoms with Gasteiger partial charge in [0.2, 0.25) is 0 Å². The first-order chi connectivity index (χ1) is 30.1. The fourth-order valence-electron chi connectivity index (χ4n) is 12.5. The van der Waals surface area contributed by atoms with Crippen LogP contribution in [0, 0.1) is 0 Å². The molecule has 8 aromatic rings. The van der Waals surface area contributed by atoms with E-state index in [1.165, 1.54) is 66.8 Å². The van der Waals surface area contributed by atoms with Crippen molar-refractivity contribution >= 4 is 46.4 Å². The van der Waals surface area contributed by atoms with Gasteiger partial charge >= 0.3 is 0 Å². The summed E-state index contributed by atoms with van der Waals surface area (Å²) in [5.74, 6) is 0. The lowest BCUT2D eigenvalue weighted by Crippen LogP contribution is -2.67. The van der Waals surface area contributed by atoms with Crippen LogP contribution in [-0.2, 0) is 21.7 Å². The van der Waals surface area contributed by atoms with Gasteiger partial charge in [-0.25, -0.2) is 0 Å². The molecular weight excluding hydrogens is 838 g/mol. The molecule has 0 amide bonds. The minimum absolute atomic E-state index is 0.0637. The van der Waals surface area contributed by atoms with Crippen LogP contribution in [0.3, 0.4) is 0 Å². The van der Waals surface area contributed by atoms with Crippen LogP contribution < -0.4 is 0 Å². The summed E-state index contributed by atoms with van der Waals surface area (Å²) in [7, 11) is 0. The molecule has 0 heterocycles. The van der Waals surface area contributed by atoms with Gasteiger partial charge in [-0.05, 0) is 175 Å². The summed E-state index contributed by atoms with van der Waals surface area (Å²) in [6, 6.07) is 71.1. The molecule has 0 nitrogen and oxygen atoms in total. The summed E-state index contributed by atoms with van der Waals surface area (Å²) >= 11 is 25.3. The maximum absolute atomic E-state index is 6.31. The molecule has 304 valence electrons. The van der Waals surface area contributed by atoms with Crippen LogP contribution in [0.15, 0.2) is 194 Å². The monoisotopic (exact) mass is 880 g/mol. The van der Waals surface area contributed by atoms with Crippen molar-refractivity contribution in [1.82, 2.24) is 0 Å². The van der Waals surface area contributed by atoms with Gasteiger partial charge in [0.05, 0.1) is 0 Å². The normalized spacial score (nSPS) is 23.7. The van der Waals surface area contributed by atoms with Crippen molar-refractivity contribution in [2.75, 3.05) is 0 Å². The zero-order valence-corrected chi connectivity index (χ0v) is 37.3. The van der Waals surface area contributed by atoms with Crippen molar-refractivity contribution in [2.45, 2.75) is 60.2 Å². The molecule has 4 heteroatoms. The average Bonchev–Trinajstić information content (AvgIpc) is 3.30. The summed E-state index contributed by atoms with van der Waals surface area (Å²) in [5.41, 5.74) is 15.1. The first-order valence-electron chi connectivity index (χ1n) is 21.6. The standard InChI is InChI=1S/C58H44Cl4/c59-51-25-9-43(10-26-51)39-1-17-47(18-2-39)55-33-56(48-19-3-40(4-20-48)44-11-27-52(60)28-12-44)36-57(34-55,49-21-5-41(6-22-49)45-13-29-53(61)30-14-45)38-58(35-55,37-56)50-23-7-42(8-24-50)46-15-31-54(62)32-16-46/h1-32H,33-38H2. The molecular formula is C58H44Cl4. The molecule has 0 radical (unpaired) electrons. The Balaban J connectivity index is 1.08. The average molecular weight is 883 g/mol. The maximum Gasteiger partial charge on any atom is 0.0406 e. The topological polar surface area (TPSA) is 0 Å². The number of halogens is 4. The molecule has 0 aromatic heterocycles. The van der Waals surface area contributed by atoms with E-state index in [4.69, 9.17) is 46.4 Å². The smallest absolute Gasteiger partial charge is 0.0406 e. The Labute approximate surface area is 385 Å². The Hall–Kier alpha value is -5.08. The van der Waals surface area contributed by atoms with Crippen molar-refractivity contribution in [2.24, 2.45) is 0 Å². The van der Waals surface area contributed by atoms with Gasteiger partial charge in [0, 0.05) is 20.1 Å². The van der Waals surface area contributed by atoms with Crippen LogP contribution in [0.5, 0.6) is 0 Å². The Morgan fingerprint density at radius 2 is 0.323 bits per heavy atom. The largest absolute Gasteiger partial charge is 0.0843 e. The highest BCUT2D eigenvalue weighted by atomic mass is 35.5. The van der Waals surface area contributed by atoms with Gasteiger partial charge in [-0.15, -0.1) is 0 Å². The van der Waals surface area contributed by atoms with E-state index in [1.807, 2.05) is 48.5 Å². The second kappa shape index (κ2) is 15.3. The van der Waals surface area contributed by atoms with E-state index in [9.17, 15) is 0 Å². The van der Waals surface area contributed by atoms with Crippen LogP contribution in [0.2, 0.25) is 20.1 Å². The van der Waals surface area contributed by atoms with Crippen LogP contribution >= 0.6 is 46.4 Å². The molecule has 0 N–H and O–H groups in total. The third-order valence-electron chi connectivity index (χ3n) is 14.8. The van der Waals surface area contributed by atoms with Crippen molar-refractivity contribution in [3.63, 3.8) is 0 Å². The van der Waals surface area contributed by atoms with Crippen molar-refractivity contribution < 1.29 is 0 Å². The highest BCUT2D eigenvalue weighted by Crippen LogP contribution is 2.75. The van der Waals surface area contributed by atoms with Gasteiger partial charge in [0.25, 0.3) is 0 Å². The molecule has 12 rings (SSSR count). The van der Waals surface area contributed by atoms with Gasteiger partial charge in [-0.2, -0.15) is 0 Å². The van der Waals surface area contributed by atoms with E-state index in [0.717, 1.165) is 58.6 Å². The van der Waals surface area contributed by atoms with Crippen molar-refractivity contribution in [3.8, 4) is 44.5 Å². The van der Waals surface area contributed by atoms with Crippen LogP contribution in [0.25, 0.3) is 44.5 Å². The van der Waals surface area contributed by atoms with Gasteiger partial charge in [0.15, 0.2) is 0 Å². The summed E-state index contributed by atoms with van der Waals surface area (Å²) in [5, 5.41) is 3.01. The molecule has 4 aliphatic carbocycles. The highest BCUT2D eigenvalue weighted by Gasteiger charge is 2.69. The van der Waals surface area contributed by atoms with E-state index >= 15 is 0 Å². The quantitative estimate of drug-likeness (QED) is 0.143. The van der Waals surface area contributed by atoms with E-state index in [2.05, 4.69) is 146 Å². The molecule has 4 aliphatic rings. The highest BCUT2D eigenvalue weighted by molar-refractivity contribution is 6.31. The molecule has 4 fully saturated rings. The number of hydrogen-bond acceptors (Lipinski definition) is 0. The molecule has 8 aromatic carbocycles. The third-order valence-corrected chi connectivity index (χ3v) is 15.8. The van der Waals surface area contributed by atoms with Crippen molar-refractivity contribution in [1.29, 1.82) is 0 Å². The Bertz CT molecular complexity index is 2440. The number of benzene rings is 8. The zero-order chi connectivity index (χ0) is 42.1. The fraction of sp³-hybridized carbons (Fsp3) is 0.172. The summed E-state index contributed by atoms with van der Waals surface area (Å²) in [6.07, 6.45) is 6.64. The first-order valence-corrected chi connectivity index (χ1v) is 23.1. The number of rotatable bonds is 8. The van der Waals surface area contributed by atoms with Crippen LogP contribution in [-0.4, -0.2) is 0 Å². The molecule has 0 spiro atoms. The van der Waals surface area contributed by atoms with Gasteiger partial charge < -0.3 is 0 Å². The Morgan fingerprint density at radius 1 is 0.194 bits per heavy atom. The lowest BCUT2D eigenvalue weighted by molar-refractivity contribution is -0.0691. The number of hydrogen-bond donors (Lipinski definition) is 0. The zero-order valence-electron chi connectivity index (χ0n) is 34.2. The second-order valence-corrected chi connectivity index (χ2v) is 20.3. The lowest BCUT2D eigenvalue weighted by Gasteiger charge is -2.71. The molecule has 0 aliphatic heterocycles. The SMILES string of the molecule is Clc1ccc(-c2ccc(C34CC5(c6ccc(-c7ccc(Cl)cc7)cc6)CC(c6ccc(-c7ccc(Cl)cc7)cc6)(C3)CC(c3ccc(-c6ccc(Cl)cc6)cc3)(C4)C5)cc2)cc1. The molecule has 62 heavy (non-hydrogen) atoms. The molecule has 4 bridgehead atoms. The predicted molar refractivity (Wildman–Crippen MR) is 262 cm³/mol. The molecule has 4 saturated carbocycles. The lowest BCUT2D eigenvalue weighted by atomic mass is 9.32. The minimum Gasteiger partial charge on any atom is -0.0843 e. The Kier molecular flexibility index (Phi) is 9.82. The maximum atomic E-state index is 6.31. The Morgan fingerprint density at radius 3 is 0.468 bits per heavy atom. The third kappa shape index (κ3) is 7.01. The molecule has 0 atom stereocenters. The van der Waals surface area contributed by atoms with E-state index in [-0.39, 0.29) is 21.7 Å². The van der Waals surface area contributed by atoms with E-state index in [0.29, 0.717) is 0 Å². The summed E-state index contributed by atoms with van der Waals surface area (Å²) < 4.78 is 0. The minimum atomic E-state index is -0.0637. The first kappa shape index (κ1) is 39.7. The van der Waals surface area contributed by atoms with Crippen LogP contribution in [0.4, 0.5) is 0 Å². The predicted octanol–water partition coefficient (Wildman–Crippen LogP) is 17.4. The molecule has 0 saturated heterocycles. The van der Waals surface area contributed by atoms with Gasteiger partial charge in [-0.3, -0.25) is 0 Å². The van der Waals surface area contributed by atoms with E-state index < -0.39 is 0 Å².